The van der Waals surface area contributed by atoms with Gasteiger partial charge in [-0.3, -0.25) is 9.69 Å². The summed E-state index contributed by atoms with van der Waals surface area (Å²) >= 11 is 0. The molecule has 3 amide bonds. The van der Waals surface area contributed by atoms with Gasteiger partial charge in [0.05, 0.1) is 13.7 Å². The van der Waals surface area contributed by atoms with E-state index in [4.69, 9.17) is 9.47 Å². The second kappa shape index (κ2) is 7.47. The van der Waals surface area contributed by atoms with Crippen LogP contribution in [-0.2, 0) is 10.3 Å². The Morgan fingerprint density at radius 2 is 1.62 bits per heavy atom. The molecule has 0 aliphatic carbocycles. The number of urea groups is 1. The quantitative estimate of drug-likeness (QED) is 0.652. The number of carbonyl (C=O) groups excluding carboxylic acids is 2. The molecule has 0 spiro atoms. The zero-order valence-electron chi connectivity index (χ0n) is 16.3. The van der Waals surface area contributed by atoms with Gasteiger partial charge in [0.25, 0.3) is 5.91 Å². The normalized spacial score (nSPS) is 18.8. The van der Waals surface area contributed by atoms with E-state index in [2.05, 4.69) is 5.32 Å². The van der Waals surface area contributed by atoms with Crippen molar-refractivity contribution < 1.29 is 19.1 Å². The highest BCUT2D eigenvalue weighted by Crippen LogP contribution is 2.33. The molecule has 6 nitrogen and oxygen atoms in total. The van der Waals surface area contributed by atoms with Gasteiger partial charge in [-0.2, -0.15) is 0 Å². The predicted octanol–water partition coefficient (Wildman–Crippen LogP) is 3.69. The lowest BCUT2D eigenvalue weighted by atomic mass is 9.88. The molecule has 6 heteroatoms. The standard InChI is InChI=1S/C23H22N2O4/c1-23(20-9-5-7-16-6-3-4-8-19(16)20)21(26)25(22(27)24-23)14-15-29-18-12-10-17(28-2)11-13-18/h3-13H,14-15H2,1-2H3,(H,24,27). The number of imide groups is 1. The van der Waals surface area contributed by atoms with Crippen molar-refractivity contribution in [3.8, 4) is 11.5 Å². The maximum Gasteiger partial charge on any atom is 0.325 e. The monoisotopic (exact) mass is 390 g/mol. The van der Waals surface area contributed by atoms with Crippen molar-refractivity contribution in [2.75, 3.05) is 20.3 Å². The third kappa shape index (κ3) is 3.38. The molecule has 1 saturated heterocycles. The van der Waals surface area contributed by atoms with Gasteiger partial charge in [0.1, 0.15) is 23.6 Å². The lowest BCUT2D eigenvalue weighted by Gasteiger charge is -2.24. The molecule has 1 atom stereocenters. The predicted molar refractivity (Wildman–Crippen MR) is 110 cm³/mol. The van der Waals surface area contributed by atoms with E-state index in [0.717, 1.165) is 22.1 Å². The van der Waals surface area contributed by atoms with Crippen LogP contribution in [0.4, 0.5) is 4.79 Å². The lowest BCUT2D eigenvalue weighted by molar-refractivity contribution is -0.131. The third-order valence-corrected chi connectivity index (χ3v) is 5.25. The number of nitrogens with zero attached hydrogens (tertiary/aromatic N) is 1. The van der Waals surface area contributed by atoms with E-state index in [0.29, 0.717) is 5.75 Å². The van der Waals surface area contributed by atoms with Crippen LogP contribution in [0.15, 0.2) is 66.7 Å². The minimum absolute atomic E-state index is 0.164. The van der Waals surface area contributed by atoms with Crippen molar-refractivity contribution in [1.29, 1.82) is 0 Å². The molecule has 148 valence electrons. The molecule has 1 unspecified atom stereocenters. The number of carbonyl (C=O) groups is 2. The Kier molecular flexibility index (Phi) is 4.84. The molecule has 0 radical (unpaired) electrons. The topological polar surface area (TPSA) is 67.9 Å². The third-order valence-electron chi connectivity index (χ3n) is 5.25. The van der Waals surface area contributed by atoms with Crippen molar-refractivity contribution in [3.05, 3.63) is 72.3 Å². The number of fused-ring (bicyclic) bond motifs is 1. The fraction of sp³-hybridized carbons (Fsp3) is 0.217. The average Bonchev–Trinajstić information content (AvgIpc) is 2.97. The summed E-state index contributed by atoms with van der Waals surface area (Å²) in [4.78, 5) is 26.9. The molecule has 1 heterocycles. The van der Waals surface area contributed by atoms with Crippen LogP contribution in [0.25, 0.3) is 10.8 Å². The Morgan fingerprint density at radius 3 is 2.38 bits per heavy atom. The van der Waals surface area contributed by atoms with Gasteiger partial charge in [-0.05, 0) is 47.5 Å². The van der Waals surface area contributed by atoms with Crippen LogP contribution in [0, 0.1) is 0 Å². The Morgan fingerprint density at radius 1 is 0.931 bits per heavy atom. The number of benzene rings is 3. The molecule has 29 heavy (non-hydrogen) atoms. The molecular weight excluding hydrogens is 368 g/mol. The van der Waals surface area contributed by atoms with Crippen LogP contribution in [-0.4, -0.2) is 37.1 Å². The van der Waals surface area contributed by atoms with Gasteiger partial charge < -0.3 is 14.8 Å². The molecule has 0 bridgehead atoms. The van der Waals surface area contributed by atoms with E-state index in [9.17, 15) is 9.59 Å². The Labute approximate surface area is 169 Å². The van der Waals surface area contributed by atoms with E-state index in [1.54, 1.807) is 38.3 Å². The molecule has 3 aromatic rings. The Bertz CT molecular complexity index is 1060. The molecule has 1 aliphatic rings. The minimum Gasteiger partial charge on any atom is -0.497 e. The van der Waals surface area contributed by atoms with Crippen LogP contribution >= 0.6 is 0 Å². The Hall–Kier alpha value is -3.54. The SMILES string of the molecule is COc1ccc(OCCN2C(=O)NC(C)(c3cccc4ccccc34)C2=O)cc1. The van der Waals surface area contributed by atoms with Crippen molar-refractivity contribution in [2.45, 2.75) is 12.5 Å². The van der Waals surface area contributed by atoms with Gasteiger partial charge >= 0.3 is 6.03 Å². The molecule has 1 fully saturated rings. The van der Waals surface area contributed by atoms with Crippen LogP contribution in [0.2, 0.25) is 0 Å². The lowest BCUT2D eigenvalue weighted by Crippen LogP contribution is -2.41. The number of hydrogen-bond donors (Lipinski definition) is 1. The first-order valence-electron chi connectivity index (χ1n) is 9.42. The molecule has 4 rings (SSSR count). The van der Waals surface area contributed by atoms with E-state index in [1.165, 1.54) is 4.90 Å². The van der Waals surface area contributed by atoms with Crippen molar-refractivity contribution in [1.82, 2.24) is 10.2 Å². The van der Waals surface area contributed by atoms with Crippen molar-refractivity contribution in [3.63, 3.8) is 0 Å². The first kappa shape index (κ1) is 18.8. The van der Waals surface area contributed by atoms with Crippen molar-refractivity contribution in [2.24, 2.45) is 0 Å². The van der Waals surface area contributed by atoms with Crippen LogP contribution in [0.3, 0.4) is 0 Å². The van der Waals surface area contributed by atoms with Gasteiger partial charge in [-0.1, -0.05) is 42.5 Å². The summed E-state index contributed by atoms with van der Waals surface area (Å²) in [5.41, 5.74) is -0.328. The summed E-state index contributed by atoms with van der Waals surface area (Å²) in [5.74, 6) is 1.10. The highest BCUT2D eigenvalue weighted by Gasteiger charge is 2.49. The maximum absolute atomic E-state index is 13.2. The molecular formula is C23H22N2O4. The minimum atomic E-state index is -1.11. The van der Waals surface area contributed by atoms with E-state index in [1.807, 2.05) is 42.5 Å². The first-order valence-corrected chi connectivity index (χ1v) is 9.42. The summed E-state index contributed by atoms with van der Waals surface area (Å²) in [6, 6.07) is 20.3. The second-order valence-electron chi connectivity index (χ2n) is 7.06. The van der Waals surface area contributed by atoms with Crippen LogP contribution in [0.5, 0.6) is 11.5 Å². The van der Waals surface area contributed by atoms with Gasteiger partial charge in [0, 0.05) is 0 Å². The van der Waals surface area contributed by atoms with E-state index >= 15 is 0 Å². The highest BCUT2D eigenvalue weighted by atomic mass is 16.5. The molecule has 0 saturated carbocycles. The fourth-order valence-electron chi connectivity index (χ4n) is 3.67. The number of amides is 3. The summed E-state index contributed by atoms with van der Waals surface area (Å²) in [6.45, 7) is 2.12. The number of nitrogens with one attached hydrogen (secondary N) is 1. The number of hydrogen-bond acceptors (Lipinski definition) is 4. The zero-order valence-corrected chi connectivity index (χ0v) is 16.3. The summed E-state index contributed by atoms with van der Waals surface area (Å²) in [5, 5.41) is 4.84. The highest BCUT2D eigenvalue weighted by molar-refractivity contribution is 6.09. The van der Waals surface area contributed by atoms with Gasteiger partial charge in [-0.25, -0.2) is 4.79 Å². The van der Waals surface area contributed by atoms with Crippen molar-refractivity contribution >= 4 is 22.7 Å². The average molecular weight is 390 g/mol. The summed E-state index contributed by atoms with van der Waals surface area (Å²) in [7, 11) is 1.60. The number of ether oxygens (including phenoxy) is 2. The molecule has 1 N–H and O–H groups in total. The number of rotatable bonds is 6. The molecule has 3 aromatic carbocycles. The zero-order chi connectivity index (χ0) is 20.4. The van der Waals surface area contributed by atoms with Gasteiger partial charge in [-0.15, -0.1) is 0 Å². The summed E-state index contributed by atoms with van der Waals surface area (Å²) < 4.78 is 10.8. The van der Waals surface area contributed by atoms with Crippen LogP contribution in [0.1, 0.15) is 12.5 Å². The fourth-order valence-corrected chi connectivity index (χ4v) is 3.67. The number of methoxy groups -OCH3 is 1. The first-order chi connectivity index (χ1) is 14.0. The maximum atomic E-state index is 13.2. The largest absolute Gasteiger partial charge is 0.497 e. The van der Waals surface area contributed by atoms with E-state index in [-0.39, 0.29) is 19.1 Å². The molecule has 0 aromatic heterocycles. The van der Waals surface area contributed by atoms with Crippen LogP contribution < -0.4 is 14.8 Å². The van der Waals surface area contributed by atoms with Gasteiger partial charge in [0.15, 0.2) is 0 Å². The summed E-state index contributed by atoms with van der Waals surface area (Å²) in [6.07, 6.45) is 0. The van der Waals surface area contributed by atoms with Gasteiger partial charge in [0.2, 0.25) is 0 Å². The molecule has 1 aliphatic heterocycles. The van der Waals surface area contributed by atoms with E-state index < -0.39 is 11.6 Å². The Balaban J connectivity index is 1.50. The second-order valence-corrected chi connectivity index (χ2v) is 7.06. The smallest absolute Gasteiger partial charge is 0.325 e.